The monoisotopic (exact) mass is 308 g/mol. The first-order valence-electron chi connectivity index (χ1n) is 7.60. The van der Waals surface area contributed by atoms with E-state index < -0.39 is 0 Å². The van der Waals surface area contributed by atoms with Gasteiger partial charge in [-0.3, -0.25) is 4.79 Å². The lowest BCUT2D eigenvalue weighted by Crippen LogP contribution is -2.44. The predicted molar refractivity (Wildman–Crippen MR) is 91.7 cm³/mol. The molecular weight excluding hydrogens is 280 g/mol. The number of hydrogen-bond acceptors (Lipinski definition) is 3. The molecule has 0 saturated carbocycles. The zero-order valence-electron chi connectivity index (χ0n) is 13.8. The smallest absolute Gasteiger partial charge is 0.233 e. The van der Waals surface area contributed by atoms with E-state index in [9.17, 15) is 4.79 Å². The quantitative estimate of drug-likeness (QED) is 0.597. The van der Waals surface area contributed by atoms with Crippen LogP contribution in [-0.2, 0) is 11.3 Å². The van der Waals surface area contributed by atoms with Crippen molar-refractivity contribution in [2.75, 3.05) is 6.54 Å². The van der Waals surface area contributed by atoms with Gasteiger partial charge in [0.2, 0.25) is 5.91 Å². The topological polar surface area (TPSA) is 41.1 Å². The molecule has 1 amide bonds. The largest absolute Gasteiger partial charge is 0.351 e. The van der Waals surface area contributed by atoms with E-state index in [4.69, 9.17) is 0 Å². The number of rotatable bonds is 7. The van der Waals surface area contributed by atoms with Gasteiger partial charge in [0.15, 0.2) is 0 Å². The van der Waals surface area contributed by atoms with Gasteiger partial charge in [-0.15, -0.1) is 11.8 Å². The summed E-state index contributed by atoms with van der Waals surface area (Å²) in [6.45, 7) is 12.0. The van der Waals surface area contributed by atoms with Crippen LogP contribution in [0.5, 0.6) is 0 Å². The summed E-state index contributed by atoms with van der Waals surface area (Å²) in [7, 11) is 0. The molecule has 0 aromatic heterocycles. The maximum absolute atomic E-state index is 12.1. The summed E-state index contributed by atoms with van der Waals surface area (Å²) in [5, 5.41) is 6.33. The van der Waals surface area contributed by atoms with Gasteiger partial charge in [0.05, 0.1) is 5.25 Å². The highest BCUT2D eigenvalue weighted by molar-refractivity contribution is 8.00. The van der Waals surface area contributed by atoms with E-state index >= 15 is 0 Å². The highest BCUT2D eigenvalue weighted by atomic mass is 32.2. The zero-order valence-corrected chi connectivity index (χ0v) is 14.6. The summed E-state index contributed by atoms with van der Waals surface area (Å²) < 4.78 is 0. The lowest BCUT2D eigenvalue weighted by Gasteiger charge is -2.23. The van der Waals surface area contributed by atoms with Gasteiger partial charge >= 0.3 is 0 Å². The molecule has 1 aromatic carbocycles. The van der Waals surface area contributed by atoms with Crippen LogP contribution in [0.15, 0.2) is 29.2 Å². The third kappa shape index (κ3) is 7.53. The van der Waals surface area contributed by atoms with E-state index in [1.165, 1.54) is 5.56 Å². The first-order valence-corrected chi connectivity index (χ1v) is 8.48. The summed E-state index contributed by atoms with van der Waals surface area (Å²) in [6.07, 6.45) is 1.14. The van der Waals surface area contributed by atoms with Crippen molar-refractivity contribution in [2.45, 2.75) is 63.3 Å². The second-order valence-corrected chi connectivity index (χ2v) is 7.74. The highest BCUT2D eigenvalue weighted by Crippen LogP contribution is 2.24. The van der Waals surface area contributed by atoms with E-state index in [0.717, 1.165) is 24.4 Å². The van der Waals surface area contributed by atoms with Crippen molar-refractivity contribution in [1.82, 2.24) is 10.6 Å². The Kier molecular flexibility index (Phi) is 7.26. The number of carbonyl (C=O) groups is 1. The number of amides is 1. The van der Waals surface area contributed by atoms with Gasteiger partial charge in [-0.05, 0) is 58.4 Å². The molecule has 1 unspecified atom stereocenters. The molecule has 21 heavy (non-hydrogen) atoms. The Labute approximate surface area is 133 Å². The van der Waals surface area contributed by atoms with Gasteiger partial charge < -0.3 is 10.6 Å². The minimum Gasteiger partial charge on any atom is -0.351 e. The van der Waals surface area contributed by atoms with Gasteiger partial charge in [-0.1, -0.05) is 19.1 Å². The van der Waals surface area contributed by atoms with Crippen LogP contribution >= 0.6 is 11.8 Å². The SMILES string of the molecule is CCCNCc1cccc(SC(C)C(=O)NC(C)(C)C)c1. The van der Waals surface area contributed by atoms with Crippen LogP contribution in [0.3, 0.4) is 0 Å². The first kappa shape index (κ1) is 18.1. The molecule has 0 bridgehead atoms. The van der Waals surface area contributed by atoms with Crippen LogP contribution < -0.4 is 10.6 Å². The van der Waals surface area contributed by atoms with Crippen LogP contribution in [0, 0.1) is 0 Å². The van der Waals surface area contributed by atoms with Crippen molar-refractivity contribution < 1.29 is 4.79 Å². The Morgan fingerprint density at radius 3 is 2.67 bits per heavy atom. The maximum Gasteiger partial charge on any atom is 0.233 e. The molecule has 1 atom stereocenters. The van der Waals surface area contributed by atoms with E-state index in [2.05, 4.69) is 41.8 Å². The van der Waals surface area contributed by atoms with Gasteiger partial charge in [0.25, 0.3) is 0 Å². The summed E-state index contributed by atoms with van der Waals surface area (Å²) in [5.41, 5.74) is 1.08. The second-order valence-electron chi connectivity index (χ2n) is 6.32. The molecule has 118 valence electrons. The Bertz CT molecular complexity index is 454. The lowest BCUT2D eigenvalue weighted by atomic mass is 10.1. The third-order valence-corrected chi connectivity index (χ3v) is 3.93. The van der Waals surface area contributed by atoms with E-state index in [1.807, 2.05) is 27.7 Å². The minimum atomic E-state index is -0.183. The Balaban J connectivity index is 2.57. The maximum atomic E-state index is 12.1. The minimum absolute atomic E-state index is 0.0852. The van der Waals surface area contributed by atoms with Crippen molar-refractivity contribution in [1.29, 1.82) is 0 Å². The van der Waals surface area contributed by atoms with Gasteiger partial charge in [-0.2, -0.15) is 0 Å². The predicted octanol–water partition coefficient (Wildman–Crippen LogP) is 3.58. The van der Waals surface area contributed by atoms with Crippen LogP contribution in [0.25, 0.3) is 0 Å². The number of thioether (sulfide) groups is 1. The molecule has 0 aliphatic carbocycles. The van der Waals surface area contributed by atoms with Crippen LogP contribution in [0.1, 0.15) is 46.6 Å². The van der Waals surface area contributed by atoms with Crippen LogP contribution in [0.2, 0.25) is 0 Å². The molecule has 3 nitrogen and oxygen atoms in total. The van der Waals surface area contributed by atoms with E-state index in [-0.39, 0.29) is 16.7 Å². The van der Waals surface area contributed by atoms with Crippen molar-refractivity contribution in [3.63, 3.8) is 0 Å². The fourth-order valence-corrected chi connectivity index (χ4v) is 2.82. The fourth-order valence-electron chi connectivity index (χ4n) is 1.87. The molecule has 2 N–H and O–H groups in total. The number of benzene rings is 1. The fraction of sp³-hybridized carbons (Fsp3) is 0.588. The summed E-state index contributed by atoms with van der Waals surface area (Å²) >= 11 is 1.61. The lowest BCUT2D eigenvalue weighted by molar-refractivity contribution is -0.121. The number of carbonyl (C=O) groups excluding carboxylic acids is 1. The van der Waals surface area contributed by atoms with Gasteiger partial charge in [0, 0.05) is 17.0 Å². The average molecular weight is 308 g/mol. The molecule has 0 spiro atoms. The molecule has 0 heterocycles. The first-order chi connectivity index (χ1) is 9.81. The number of hydrogen-bond donors (Lipinski definition) is 2. The Morgan fingerprint density at radius 1 is 1.33 bits per heavy atom. The van der Waals surface area contributed by atoms with Crippen LogP contribution in [0.4, 0.5) is 0 Å². The standard InChI is InChI=1S/C17H28N2OS/c1-6-10-18-12-14-8-7-9-15(11-14)21-13(2)16(20)19-17(3,4)5/h7-9,11,13,18H,6,10,12H2,1-5H3,(H,19,20). The second kappa shape index (κ2) is 8.44. The molecule has 4 heteroatoms. The molecule has 1 rings (SSSR count). The molecule has 0 aliphatic heterocycles. The molecule has 0 aliphatic rings. The Hall–Kier alpha value is -1.00. The van der Waals surface area contributed by atoms with Gasteiger partial charge in [-0.25, -0.2) is 0 Å². The molecule has 0 fully saturated rings. The number of nitrogens with one attached hydrogen (secondary N) is 2. The Morgan fingerprint density at radius 2 is 2.05 bits per heavy atom. The normalized spacial score (nSPS) is 13.0. The third-order valence-electron chi connectivity index (χ3n) is 2.83. The molecule has 1 aromatic rings. The zero-order chi connectivity index (χ0) is 15.9. The average Bonchev–Trinajstić information content (AvgIpc) is 2.37. The van der Waals surface area contributed by atoms with Crippen molar-refractivity contribution in [3.05, 3.63) is 29.8 Å². The molecular formula is C17H28N2OS. The molecule has 0 radical (unpaired) electrons. The van der Waals surface area contributed by atoms with Gasteiger partial charge in [0.1, 0.15) is 0 Å². The summed E-state index contributed by atoms with van der Waals surface area (Å²) in [6, 6.07) is 8.40. The van der Waals surface area contributed by atoms with Crippen molar-refractivity contribution in [2.24, 2.45) is 0 Å². The highest BCUT2D eigenvalue weighted by Gasteiger charge is 2.20. The van der Waals surface area contributed by atoms with E-state index in [1.54, 1.807) is 11.8 Å². The summed E-state index contributed by atoms with van der Waals surface area (Å²) in [4.78, 5) is 13.3. The van der Waals surface area contributed by atoms with Crippen LogP contribution in [-0.4, -0.2) is 23.2 Å². The summed E-state index contributed by atoms with van der Waals surface area (Å²) in [5.74, 6) is 0.0852. The van der Waals surface area contributed by atoms with Crippen molar-refractivity contribution >= 4 is 17.7 Å². The van der Waals surface area contributed by atoms with E-state index in [0.29, 0.717) is 0 Å². The molecule has 0 saturated heterocycles. The van der Waals surface area contributed by atoms with Crippen molar-refractivity contribution in [3.8, 4) is 0 Å².